The van der Waals surface area contributed by atoms with E-state index in [1.165, 1.54) is 0 Å². The summed E-state index contributed by atoms with van der Waals surface area (Å²) in [4.78, 5) is 0. The molecule has 0 aliphatic rings. The third kappa shape index (κ3) is 3.58. The van der Waals surface area contributed by atoms with Crippen molar-refractivity contribution >= 4 is 34.8 Å². The van der Waals surface area contributed by atoms with Gasteiger partial charge < -0.3 is 10.5 Å². The molecule has 0 amide bonds. The zero-order chi connectivity index (χ0) is 14.7. The van der Waals surface area contributed by atoms with Crippen LogP contribution in [0.25, 0.3) is 0 Å². The van der Waals surface area contributed by atoms with E-state index < -0.39 is 0 Å². The van der Waals surface area contributed by atoms with Crippen molar-refractivity contribution in [2.45, 2.75) is 12.5 Å². The number of benzene rings is 2. The summed E-state index contributed by atoms with van der Waals surface area (Å²) in [6.45, 7) is 0. The first-order valence-electron chi connectivity index (χ1n) is 6.04. The molecule has 0 aliphatic carbocycles. The second-order valence-corrected chi connectivity index (χ2v) is 5.69. The molecule has 2 nitrogen and oxygen atoms in total. The highest BCUT2D eigenvalue weighted by Gasteiger charge is 2.12. The molecule has 1 atom stereocenters. The Morgan fingerprint density at radius 3 is 2.45 bits per heavy atom. The van der Waals surface area contributed by atoms with Crippen LogP contribution in [0, 0.1) is 0 Å². The monoisotopic (exact) mass is 329 g/mol. The normalized spacial score (nSPS) is 12.2. The number of hydrogen-bond acceptors (Lipinski definition) is 2. The summed E-state index contributed by atoms with van der Waals surface area (Å²) in [6.07, 6.45) is 0.599. The smallest absolute Gasteiger partial charge is 0.122 e. The lowest BCUT2D eigenvalue weighted by atomic mass is 9.99. The van der Waals surface area contributed by atoms with E-state index in [9.17, 15) is 0 Å². The summed E-state index contributed by atoms with van der Waals surface area (Å²) in [6, 6.07) is 10.7. The van der Waals surface area contributed by atoms with Crippen molar-refractivity contribution in [2.75, 3.05) is 7.11 Å². The molecule has 0 saturated heterocycles. The second-order valence-electron chi connectivity index (χ2n) is 4.44. The van der Waals surface area contributed by atoms with Crippen molar-refractivity contribution in [2.24, 2.45) is 5.73 Å². The summed E-state index contributed by atoms with van der Waals surface area (Å²) < 4.78 is 5.32. The first-order valence-corrected chi connectivity index (χ1v) is 7.17. The van der Waals surface area contributed by atoms with Crippen LogP contribution in [0.2, 0.25) is 15.1 Å². The zero-order valence-electron chi connectivity index (χ0n) is 10.9. The summed E-state index contributed by atoms with van der Waals surface area (Å²) in [5.41, 5.74) is 8.09. The summed E-state index contributed by atoms with van der Waals surface area (Å²) in [5, 5.41) is 1.67. The Morgan fingerprint density at radius 2 is 1.80 bits per heavy atom. The van der Waals surface area contributed by atoms with Gasteiger partial charge in [-0.25, -0.2) is 0 Å². The molecule has 2 aromatic carbocycles. The predicted octanol–water partition coefficient (Wildman–Crippen LogP) is 4.90. The second kappa shape index (κ2) is 6.68. The topological polar surface area (TPSA) is 35.2 Å². The Balaban J connectivity index is 2.24. The zero-order valence-corrected chi connectivity index (χ0v) is 13.1. The average molecular weight is 331 g/mol. The quantitative estimate of drug-likeness (QED) is 0.865. The highest BCUT2D eigenvalue weighted by molar-refractivity contribution is 6.42. The van der Waals surface area contributed by atoms with Gasteiger partial charge in [-0.05, 0) is 47.9 Å². The van der Waals surface area contributed by atoms with E-state index in [1.54, 1.807) is 25.3 Å². The highest BCUT2D eigenvalue weighted by Crippen LogP contribution is 2.29. The molecule has 2 N–H and O–H groups in total. The fourth-order valence-electron chi connectivity index (χ4n) is 2.00. The fraction of sp³-hybridized carbons (Fsp3) is 0.200. The van der Waals surface area contributed by atoms with Crippen molar-refractivity contribution in [1.82, 2.24) is 0 Å². The van der Waals surface area contributed by atoms with Crippen molar-refractivity contribution in [3.63, 3.8) is 0 Å². The van der Waals surface area contributed by atoms with Gasteiger partial charge in [0.15, 0.2) is 0 Å². The largest absolute Gasteiger partial charge is 0.496 e. The molecule has 20 heavy (non-hydrogen) atoms. The average Bonchev–Trinajstić information content (AvgIpc) is 2.42. The van der Waals surface area contributed by atoms with Crippen LogP contribution >= 0.6 is 34.8 Å². The maximum absolute atomic E-state index is 6.22. The van der Waals surface area contributed by atoms with Gasteiger partial charge in [0.2, 0.25) is 0 Å². The van der Waals surface area contributed by atoms with Crippen molar-refractivity contribution in [3.8, 4) is 5.75 Å². The Morgan fingerprint density at radius 1 is 1.05 bits per heavy atom. The maximum Gasteiger partial charge on any atom is 0.122 e. The molecule has 0 radical (unpaired) electrons. The fourth-order valence-corrected chi connectivity index (χ4v) is 2.51. The lowest BCUT2D eigenvalue weighted by Gasteiger charge is -2.15. The van der Waals surface area contributed by atoms with E-state index in [-0.39, 0.29) is 6.04 Å². The van der Waals surface area contributed by atoms with Crippen LogP contribution in [0.15, 0.2) is 36.4 Å². The van der Waals surface area contributed by atoms with Crippen molar-refractivity contribution in [3.05, 3.63) is 62.6 Å². The standard InChI is InChI=1S/C15H14Cl3NO/c1-20-15-5-3-11(16)6-10(15)8-14(19)9-2-4-12(17)13(18)7-9/h2-7,14H,8,19H2,1H3. The minimum atomic E-state index is -0.211. The minimum Gasteiger partial charge on any atom is -0.496 e. The van der Waals surface area contributed by atoms with Crippen LogP contribution in [0.1, 0.15) is 17.2 Å². The number of ether oxygens (including phenoxy) is 1. The molecule has 0 spiro atoms. The van der Waals surface area contributed by atoms with Gasteiger partial charge in [0.25, 0.3) is 0 Å². The van der Waals surface area contributed by atoms with Gasteiger partial charge in [-0.15, -0.1) is 0 Å². The number of hydrogen-bond donors (Lipinski definition) is 1. The molecule has 0 bridgehead atoms. The maximum atomic E-state index is 6.22. The Bertz CT molecular complexity index is 616. The lowest BCUT2D eigenvalue weighted by Crippen LogP contribution is -2.14. The highest BCUT2D eigenvalue weighted by atomic mass is 35.5. The van der Waals surface area contributed by atoms with Crippen LogP contribution in [-0.2, 0) is 6.42 Å². The van der Waals surface area contributed by atoms with Crippen LogP contribution in [-0.4, -0.2) is 7.11 Å². The van der Waals surface area contributed by atoms with Crippen LogP contribution in [0.3, 0.4) is 0 Å². The van der Waals surface area contributed by atoms with Gasteiger partial charge in [0.1, 0.15) is 5.75 Å². The van der Waals surface area contributed by atoms with Gasteiger partial charge in [-0.2, -0.15) is 0 Å². The Hall–Kier alpha value is -0.930. The summed E-state index contributed by atoms with van der Waals surface area (Å²) in [5.74, 6) is 0.768. The number of halogens is 3. The molecular formula is C15H14Cl3NO. The molecule has 106 valence electrons. The van der Waals surface area contributed by atoms with E-state index in [0.717, 1.165) is 16.9 Å². The third-order valence-electron chi connectivity index (χ3n) is 3.05. The molecule has 0 saturated carbocycles. The van der Waals surface area contributed by atoms with Gasteiger partial charge in [-0.3, -0.25) is 0 Å². The Kier molecular flexibility index (Phi) is 5.17. The van der Waals surface area contributed by atoms with Gasteiger partial charge in [0, 0.05) is 11.1 Å². The predicted molar refractivity (Wildman–Crippen MR) is 85.1 cm³/mol. The molecule has 1 unspecified atom stereocenters. The molecule has 5 heteroatoms. The van der Waals surface area contributed by atoms with E-state index in [1.807, 2.05) is 18.2 Å². The molecular weight excluding hydrogens is 317 g/mol. The van der Waals surface area contributed by atoms with E-state index in [0.29, 0.717) is 21.5 Å². The molecule has 2 aromatic rings. The van der Waals surface area contributed by atoms with Crippen LogP contribution in [0.4, 0.5) is 0 Å². The van der Waals surface area contributed by atoms with Crippen LogP contribution < -0.4 is 10.5 Å². The summed E-state index contributed by atoms with van der Waals surface area (Å²) >= 11 is 17.9. The van der Waals surface area contributed by atoms with Crippen molar-refractivity contribution in [1.29, 1.82) is 0 Å². The van der Waals surface area contributed by atoms with E-state index in [4.69, 9.17) is 45.3 Å². The lowest BCUT2D eigenvalue weighted by molar-refractivity contribution is 0.408. The third-order valence-corrected chi connectivity index (χ3v) is 4.03. The number of methoxy groups -OCH3 is 1. The van der Waals surface area contributed by atoms with Crippen molar-refractivity contribution < 1.29 is 4.74 Å². The molecule has 0 heterocycles. The van der Waals surface area contributed by atoms with Gasteiger partial charge in [-0.1, -0.05) is 40.9 Å². The van der Waals surface area contributed by atoms with E-state index in [2.05, 4.69) is 0 Å². The molecule has 0 fully saturated rings. The molecule has 0 aliphatic heterocycles. The van der Waals surface area contributed by atoms with Gasteiger partial charge >= 0.3 is 0 Å². The SMILES string of the molecule is COc1ccc(Cl)cc1CC(N)c1ccc(Cl)c(Cl)c1. The van der Waals surface area contributed by atoms with Crippen LogP contribution in [0.5, 0.6) is 5.75 Å². The first-order chi connectivity index (χ1) is 9.51. The summed E-state index contributed by atoms with van der Waals surface area (Å²) in [7, 11) is 1.62. The van der Waals surface area contributed by atoms with Gasteiger partial charge in [0.05, 0.1) is 17.2 Å². The molecule has 2 rings (SSSR count). The van der Waals surface area contributed by atoms with E-state index >= 15 is 0 Å². The number of nitrogens with two attached hydrogens (primary N) is 1. The molecule has 0 aromatic heterocycles. The minimum absolute atomic E-state index is 0.211. The Labute approximate surface area is 133 Å². The first kappa shape index (κ1) is 15.5. The number of rotatable bonds is 4.